The van der Waals surface area contributed by atoms with E-state index in [1.165, 1.54) is 0 Å². The quantitative estimate of drug-likeness (QED) is 0.702. The number of pyridine rings is 1. The summed E-state index contributed by atoms with van der Waals surface area (Å²) in [5, 5.41) is 0. The summed E-state index contributed by atoms with van der Waals surface area (Å²) in [6.07, 6.45) is 3.33. The van der Waals surface area contributed by atoms with E-state index in [2.05, 4.69) is 4.98 Å². The Bertz CT molecular complexity index is 805. The van der Waals surface area contributed by atoms with Crippen molar-refractivity contribution in [2.24, 2.45) is 0 Å². The molecule has 0 saturated carbocycles. The molecule has 0 aliphatic heterocycles. The average molecular weight is 333 g/mol. The summed E-state index contributed by atoms with van der Waals surface area (Å²) in [7, 11) is 0. The summed E-state index contributed by atoms with van der Waals surface area (Å²) in [5.41, 5.74) is 7.68. The van der Waals surface area contributed by atoms with Gasteiger partial charge in [0.15, 0.2) is 0 Å². The van der Waals surface area contributed by atoms with Gasteiger partial charge in [-0.3, -0.25) is 9.78 Å². The fourth-order valence-electron chi connectivity index (χ4n) is 2.42. The zero-order chi connectivity index (χ0) is 17.5. The maximum Gasteiger partial charge on any atom is 0.258 e. The van der Waals surface area contributed by atoms with Crippen molar-refractivity contribution in [2.45, 2.75) is 0 Å². The Morgan fingerprint density at radius 2 is 1.64 bits per heavy atom. The van der Waals surface area contributed by atoms with E-state index in [1.807, 2.05) is 30.3 Å². The second kappa shape index (κ2) is 7.97. The summed E-state index contributed by atoms with van der Waals surface area (Å²) in [5.74, 6) is 0.667. The number of nitrogens with two attached hydrogens (primary N) is 1. The maximum absolute atomic E-state index is 12.9. The predicted molar refractivity (Wildman–Crippen MR) is 98.7 cm³/mol. The lowest BCUT2D eigenvalue weighted by Gasteiger charge is -2.23. The van der Waals surface area contributed by atoms with Gasteiger partial charge < -0.3 is 15.4 Å². The number of carbonyl (C=O) groups excluding carboxylic acids is 1. The maximum atomic E-state index is 12.9. The molecule has 5 heteroatoms. The Morgan fingerprint density at radius 3 is 2.32 bits per heavy atom. The van der Waals surface area contributed by atoms with Crippen LogP contribution in [0.4, 0.5) is 11.4 Å². The van der Waals surface area contributed by atoms with E-state index >= 15 is 0 Å². The van der Waals surface area contributed by atoms with Crippen molar-refractivity contribution in [3.63, 3.8) is 0 Å². The molecule has 0 radical (unpaired) electrons. The number of carbonyl (C=O) groups is 1. The van der Waals surface area contributed by atoms with Crippen LogP contribution in [0.3, 0.4) is 0 Å². The molecule has 5 nitrogen and oxygen atoms in total. The molecular formula is C20H19N3O2. The Morgan fingerprint density at radius 1 is 0.960 bits per heavy atom. The molecule has 1 aromatic heterocycles. The number of ether oxygens (including phenoxy) is 1. The molecule has 3 rings (SSSR count). The molecule has 0 atom stereocenters. The smallest absolute Gasteiger partial charge is 0.258 e. The first-order valence-electron chi connectivity index (χ1n) is 7.99. The van der Waals surface area contributed by atoms with Crippen molar-refractivity contribution in [3.8, 4) is 5.75 Å². The highest BCUT2D eigenvalue weighted by Gasteiger charge is 2.17. The van der Waals surface area contributed by atoms with E-state index < -0.39 is 0 Å². The SMILES string of the molecule is Nc1ccc(C(=O)N(CCOc2ccccc2)c2ccncc2)cc1. The molecule has 0 spiro atoms. The first-order chi connectivity index (χ1) is 12.2. The normalized spacial score (nSPS) is 10.2. The van der Waals surface area contributed by atoms with Gasteiger partial charge in [0.05, 0.1) is 6.54 Å². The molecular weight excluding hydrogens is 314 g/mol. The van der Waals surface area contributed by atoms with Crippen molar-refractivity contribution in [1.82, 2.24) is 4.98 Å². The Kier molecular flexibility index (Phi) is 5.26. The van der Waals surface area contributed by atoms with Gasteiger partial charge in [0.25, 0.3) is 5.91 Å². The fraction of sp³-hybridized carbons (Fsp3) is 0.100. The van der Waals surface area contributed by atoms with Crippen LogP contribution in [0.5, 0.6) is 5.75 Å². The van der Waals surface area contributed by atoms with Gasteiger partial charge in [0, 0.05) is 29.3 Å². The topological polar surface area (TPSA) is 68.5 Å². The van der Waals surface area contributed by atoms with Crippen LogP contribution in [0.2, 0.25) is 0 Å². The molecule has 2 N–H and O–H groups in total. The Balaban J connectivity index is 1.75. The van der Waals surface area contributed by atoms with E-state index in [1.54, 1.807) is 53.7 Å². The number of nitrogen functional groups attached to an aromatic ring is 1. The predicted octanol–water partition coefficient (Wildman–Crippen LogP) is 3.39. The fourth-order valence-corrected chi connectivity index (χ4v) is 2.42. The van der Waals surface area contributed by atoms with Gasteiger partial charge in [0.1, 0.15) is 12.4 Å². The van der Waals surface area contributed by atoms with Crippen molar-refractivity contribution in [2.75, 3.05) is 23.8 Å². The number of benzene rings is 2. The molecule has 0 aliphatic rings. The minimum absolute atomic E-state index is 0.108. The van der Waals surface area contributed by atoms with Gasteiger partial charge in [0.2, 0.25) is 0 Å². The number of para-hydroxylation sites is 1. The van der Waals surface area contributed by atoms with Gasteiger partial charge in [-0.25, -0.2) is 0 Å². The van der Waals surface area contributed by atoms with Crippen LogP contribution in [0.25, 0.3) is 0 Å². The highest BCUT2D eigenvalue weighted by molar-refractivity contribution is 6.06. The van der Waals surface area contributed by atoms with Crippen molar-refractivity contribution in [3.05, 3.63) is 84.7 Å². The largest absolute Gasteiger partial charge is 0.492 e. The number of anilines is 2. The van der Waals surface area contributed by atoms with Gasteiger partial charge in [-0.2, -0.15) is 0 Å². The summed E-state index contributed by atoms with van der Waals surface area (Å²) < 4.78 is 5.73. The second-order valence-corrected chi connectivity index (χ2v) is 5.45. The second-order valence-electron chi connectivity index (χ2n) is 5.45. The van der Waals surface area contributed by atoms with Crippen LogP contribution in [-0.2, 0) is 0 Å². The lowest BCUT2D eigenvalue weighted by molar-refractivity contribution is 0.0982. The van der Waals surface area contributed by atoms with E-state index in [-0.39, 0.29) is 5.91 Å². The molecule has 2 aromatic carbocycles. The molecule has 126 valence electrons. The molecule has 0 aliphatic carbocycles. The third-order valence-electron chi connectivity index (χ3n) is 3.70. The first-order valence-corrected chi connectivity index (χ1v) is 7.99. The van der Waals surface area contributed by atoms with Crippen LogP contribution >= 0.6 is 0 Å². The Hall–Kier alpha value is -3.34. The lowest BCUT2D eigenvalue weighted by Crippen LogP contribution is -2.34. The van der Waals surface area contributed by atoms with E-state index in [0.717, 1.165) is 11.4 Å². The number of rotatable bonds is 6. The molecule has 3 aromatic rings. The van der Waals surface area contributed by atoms with E-state index in [9.17, 15) is 4.79 Å². The molecule has 0 fully saturated rings. The van der Waals surface area contributed by atoms with Crippen LogP contribution in [0.15, 0.2) is 79.1 Å². The summed E-state index contributed by atoms with van der Waals surface area (Å²) in [6, 6.07) is 20.0. The van der Waals surface area contributed by atoms with E-state index in [4.69, 9.17) is 10.5 Å². The van der Waals surface area contributed by atoms with Crippen LogP contribution in [-0.4, -0.2) is 24.0 Å². The van der Waals surface area contributed by atoms with Crippen molar-refractivity contribution in [1.29, 1.82) is 0 Å². The molecule has 1 heterocycles. The number of nitrogens with zero attached hydrogens (tertiary/aromatic N) is 2. The number of hydrogen-bond donors (Lipinski definition) is 1. The third-order valence-corrected chi connectivity index (χ3v) is 3.70. The average Bonchev–Trinajstić information content (AvgIpc) is 2.67. The molecule has 25 heavy (non-hydrogen) atoms. The minimum atomic E-state index is -0.108. The standard InChI is InChI=1S/C20H19N3O2/c21-17-8-6-16(7-9-17)20(24)23(18-10-12-22-13-11-18)14-15-25-19-4-2-1-3-5-19/h1-13H,14-15,21H2. The lowest BCUT2D eigenvalue weighted by atomic mass is 10.1. The van der Waals surface area contributed by atoms with Crippen LogP contribution < -0.4 is 15.4 Å². The first kappa shape index (κ1) is 16.5. The molecule has 1 amide bonds. The summed E-state index contributed by atoms with van der Waals surface area (Å²) in [6.45, 7) is 0.801. The number of amides is 1. The molecule has 0 unspecified atom stereocenters. The van der Waals surface area contributed by atoms with Crippen molar-refractivity contribution >= 4 is 17.3 Å². The minimum Gasteiger partial charge on any atom is -0.492 e. The summed E-state index contributed by atoms with van der Waals surface area (Å²) >= 11 is 0. The third kappa shape index (κ3) is 4.35. The van der Waals surface area contributed by atoms with Crippen LogP contribution in [0, 0.1) is 0 Å². The van der Waals surface area contributed by atoms with Crippen molar-refractivity contribution < 1.29 is 9.53 Å². The number of aromatic nitrogens is 1. The van der Waals surface area contributed by atoms with E-state index in [0.29, 0.717) is 24.4 Å². The molecule has 0 saturated heterocycles. The van der Waals surface area contributed by atoms with Gasteiger partial charge in [-0.15, -0.1) is 0 Å². The van der Waals surface area contributed by atoms with Gasteiger partial charge in [-0.1, -0.05) is 18.2 Å². The highest BCUT2D eigenvalue weighted by atomic mass is 16.5. The number of hydrogen-bond acceptors (Lipinski definition) is 4. The Labute approximate surface area is 146 Å². The monoisotopic (exact) mass is 333 g/mol. The molecule has 0 bridgehead atoms. The summed E-state index contributed by atoms with van der Waals surface area (Å²) in [4.78, 5) is 18.6. The van der Waals surface area contributed by atoms with Gasteiger partial charge >= 0.3 is 0 Å². The zero-order valence-corrected chi connectivity index (χ0v) is 13.7. The van der Waals surface area contributed by atoms with Gasteiger partial charge in [-0.05, 0) is 48.5 Å². The zero-order valence-electron chi connectivity index (χ0n) is 13.7. The van der Waals surface area contributed by atoms with Crippen LogP contribution in [0.1, 0.15) is 10.4 Å². The highest BCUT2D eigenvalue weighted by Crippen LogP contribution is 2.17.